The highest BCUT2D eigenvalue weighted by atomic mass is 16.5. The molecule has 2 aromatic rings. The molecule has 0 aliphatic heterocycles. The van der Waals surface area contributed by atoms with Crippen LogP contribution in [0.4, 0.5) is 5.69 Å². The summed E-state index contributed by atoms with van der Waals surface area (Å²) in [5, 5.41) is 16.4. The minimum absolute atomic E-state index is 0.290. The predicted octanol–water partition coefficient (Wildman–Crippen LogP) is 2.95. The van der Waals surface area contributed by atoms with Crippen molar-refractivity contribution in [2.45, 2.75) is 12.5 Å². The Morgan fingerprint density at radius 2 is 1.78 bits per heavy atom. The standard InChI is InChI=1S/C17H16N4O2/c18-11-12-23-17(22)16(13-14-7-3-1-4-8-14)20-21-19-15-9-5-2-6-10-15/h1-10,16H,12-13H2,(H,19,20). The second-order valence-corrected chi connectivity index (χ2v) is 4.67. The number of carbonyl (C=O) groups is 1. The zero-order valence-electron chi connectivity index (χ0n) is 12.4. The van der Waals surface area contributed by atoms with E-state index in [1.165, 1.54) is 0 Å². The van der Waals surface area contributed by atoms with Crippen molar-refractivity contribution in [3.05, 3.63) is 66.2 Å². The van der Waals surface area contributed by atoms with Crippen LogP contribution < -0.4 is 5.43 Å². The first kappa shape index (κ1) is 16.2. The summed E-state index contributed by atoms with van der Waals surface area (Å²) in [7, 11) is 0. The number of ether oxygens (including phenoxy) is 1. The normalized spacial score (nSPS) is 11.6. The fourth-order valence-electron chi connectivity index (χ4n) is 1.89. The van der Waals surface area contributed by atoms with Crippen molar-refractivity contribution < 1.29 is 9.53 Å². The van der Waals surface area contributed by atoms with Gasteiger partial charge in [0.25, 0.3) is 0 Å². The number of nitriles is 1. The number of rotatable bonds is 7. The number of carbonyl (C=O) groups excluding carboxylic acids is 1. The molecule has 0 aliphatic carbocycles. The molecule has 2 rings (SSSR count). The van der Waals surface area contributed by atoms with E-state index in [1.807, 2.05) is 48.5 Å². The van der Waals surface area contributed by atoms with Gasteiger partial charge in [-0.1, -0.05) is 53.8 Å². The van der Waals surface area contributed by atoms with Crippen LogP contribution in [0.1, 0.15) is 5.56 Å². The van der Waals surface area contributed by atoms with E-state index >= 15 is 0 Å². The molecular weight excluding hydrogens is 292 g/mol. The molecule has 0 saturated carbocycles. The third-order valence-electron chi connectivity index (χ3n) is 2.98. The molecule has 2 aromatic carbocycles. The Morgan fingerprint density at radius 3 is 2.43 bits per heavy atom. The van der Waals surface area contributed by atoms with Gasteiger partial charge in [0.15, 0.2) is 6.61 Å². The van der Waals surface area contributed by atoms with Gasteiger partial charge in [-0.15, -0.1) is 5.11 Å². The van der Waals surface area contributed by atoms with Crippen LogP contribution in [0.25, 0.3) is 0 Å². The summed E-state index contributed by atoms with van der Waals surface area (Å²) in [5.41, 5.74) is 4.32. The van der Waals surface area contributed by atoms with Gasteiger partial charge in [0, 0.05) is 6.42 Å². The van der Waals surface area contributed by atoms with Gasteiger partial charge in [0.05, 0.1) is 5.69 Å². The Bertz CT molecular complexity index is 681. The molecule has 0 amide bonds. The average Bonchev–Trinajstić information content (AvgIpc) is 2.60. The number of nitrogens with one attached hydrogen (secondary N) is 1. The van der Waals surface area contributed by atoms with Crippen molar-refractivity contribution in [1.29, 1.82) is 5.26 Å². The summed E-state index contributed by atoms with van der Waals surface area (Å²) >= 11 is 0. The lowest BCUT2D eigenvalue weighted by molar-refractivity contribution is -0.144. The Labute approximate surface area is 134 Å². The summed E-state index contributed by atoms with van der Waals surface area (Å²) in [6.45, 7) is -0.290. The first-order chi connectivity index (χ1) is 11.3. The third-order valence-corrected chi connectivity index (χ3v) is 2.98. The van der Waals surface area contributed by atoms with E-state index in [0.29, 0.717) is 12.1 Å². The van der Waals surface area contributed by atoms with Gasteiger partial charge in [-0.3, -0.25) is 5.43 Å². The number of benzene rings is 2. The molecular formula is C17H16N4O2. The maximum atomic E-state index is 12.0. The van der Waals surface area contributed by atoms with Crippen LogP contribution in [-0.4, -0.2) is 18.6 Å². The zero-order valence-corrected chi connectivity index (χ0v) is 12.4. The van der Waals surface area contributed by atoms with E-state index in [1.54, 1.807) is 18.2 Å². The van der Waals surface area contributed by atoms with Gasteiger partial charge in [-0.25, -0.2) is 4.79 Å². The SMILES string of the molecule is N#CCOC(=O)C(Cc1ccccc1)N/N=N/c1ccccc1. The van der Waals surface area contributed by atoms with E-state index in [2.05, 4.69) is 15.8 Å². The topological polar surface area (TPSA) is 86.8 Å². The smallest absolute Gasteiger partial charge is 0.331 e. The molecule has 0 aliphatic rings. The van der Waals surface area contributed by atoms with Gasteiger partial charge in [-0.2, -0.15) is 5.26 Å². The predicted molar refractivity (Wildman–Crippen MR) is 84.6 cm³/mol. The zero-order chi connectivity index (χ0) is 16.3. The van der Waals surface area contributed by atoms with Crippen molar-refractivity contribution in [3.8, 4) is 6.07 Å². The van der Waals surface area contributed by atoms with Crippen LogP contribution >= 0.6 is 0 Å². The van der Waals surface area contributed by atoms with Gasteiger partial charge in [-0.05, 0) is 17.7 Å². The van der Waals surface area contributed by atoms with Gasteiger partial charge >= 0.3 is 5.97 Å². The summed E-state index contributed by atoms with van der Waals surface area (Å²) in [5.74, 6) is -0.539. The molecule has 0 spiro atoms. The van der Waals surface area contributed by atoms with Gasteiger partial charge in [0.1, 0.15) is 12.1 Å². The summed E-state index contributed by atoms with van der Waals surface area (Å²) < 4.78 is 4.86. The maximum Gasteiger partial charge on any atom is 0.331 e. The molecule has 6 heteroatoms. The maximum absolute atomic E-state index is 12.0. The highest BCUT2D eigenvalue weighted by Crippen LogP contribution is 2.10. The Morgan fingerprint density at radius 1 is 1.13 bits per heavy atom. The molecule has 23 heavy (non-hydrogen) atoms. The van der Waals surface area contributed by atoms with Crippen molar-refractivity contribution in [3.63, 3.8) is 0 Å². The molecule has 0 bridgehead atoms. The average molecular weight is 308 g/mol. The fraction of sp³-hybridized carbons (Fsp3) is 0.176. The largest absolute Gasteiger partial charge is 0.449 e. The quantitative estimate of drug-likeness (QED) is 0.484. The van der Waals surface area contributed by atoms with Gasteiger partial charge < -0.3 is 4.74 Å². The van der Waals surface area contributed by atoms with E-state index < -0.39 is 12.0 Å². The van der Waals surface area contributed by atoms with E-state index in [9.17, 15) is 4.79 Å². The first-order valence-corrected chi connectivity index (χ1v) is 7.08. The van der Waals surface area contributed by atoms with E-state index in [-0.39, 0.29) is 6.61 Å². The molecule has 0 radical (unpaired) electrons. The van der Waals surface area contributed by atoms with Crippen LogP contribution in [0, 0.1) is 11.3 Å². The minimum Gasteiger partial charge on any atom is -0.449 e. The monoisotopic (exact) mass is 308 g/mol. The van der Waals surface area contributed by atoms with Gasteiger partial charge in [0.2, 0.25) is 0 Å². The number of hydrogen-bond donors (Lipinski definition) is 1. The molecule has 116 valence electrons. The molecule has 0 heterocycles. The third kappa shape index (κ3) is 5.59. The van der Waals surface area contributed by atoms with Crippen LogP contribution in [0.5, 0.6) is 0 Å². The Kier molecular flexibility index (Phi) is 6.29. The van der Waals surface area contributed by atoms with E-state index in [0.717, 1.165) is 5.56 Å². The van der Waals surface area contributed by atoms with E-state index in [4.69, 9.17) is 10.00 Å². The lowest BCUT2D eigenvalue weighted by Gasteiger charge is -2.14. The Hall–Kier alpha value is -3.20. The van der Waals surface area contributed by atoms with Crippen LogP contribution in [0.15, 0.2) is 71.0 Å². The molecule has 1 atom stereocenters. The number of hydrogen-bond acceptors (Lipinski definition) is 5. The lowest BCUT2D eigenvalue weighted by atomic mass is 10.1. The minimum atomic E-state index is -0.710. The molecule has 1 N–H and O–H groups in total. The van der Waals surface area contributed by atoms with Crippen LogP contribution in [0.3, 0.4) is 0 Å². The summed E-state index contributed by atoms with van der Waals surface area (Å²) in [4.78, 5) is 12.0. The van der Waals surface area contributed by atoms with Crippen LogP contribution in [-0.2, 0) is 16.0 Å². The fourth-order valence-corrected chi connectivity index (χ4v) is 1.89. The lowest BCUT2D eigenvalue weighted by Crippen LogP contribution is -2.36. The van der Waals surface area contributed by atoms with Crippen LogP contribution in [0.2, 0.25) is 0 Å². The highest BCUT2D eigenvalue weighted by Gasteiger charge is 2.20. The number of esters is 1. The van der Waals surface area contributed by atoms with Crippen molar-refractivity contribution in [1.82, 2.24) is 5.43 Å². The van der Waals surface area contributed by atoms with Crippen molar-refractivity contribution in [2.24, 2.45) is 10.3 Å². The van der Waals surface area contributed by atoms with Crippen molar-refractivity contribution >= 4 is 11.7 Å². The first-order valence-electron chi connectivity index (χ1n) is 7.08. The second kappa shape index (κ2) is 8.95. The summed E-state index contributed by atoms with van der Waals surface area (Å²) in [6.07, 6.45) is 0.388. The summed E-state index contributed by atoms with van der Waals surface area (Å²) in [6, 6.07) is 19.7. The molecule has 6 nitrogen and oxygen atoms in total. The number of nitrogens with zero attached hydrogens (tertiary/aromatic N) is 3. The molecule has 1 unspecified atom stereocenters. The van der Waals surface area contributed by atoms with Crippen molar-refractivity contribution in [2.75, 3.05) is 6.61 Å². The highest BCUT2D eigenvalue weighted by molar-refractivity contribution is 5.76. The Balaban J connectivity index is 2.02. The molecule has 0 fully saturated rings. The second-order valence-electron chi connectivity index (χ2n) is 4.67. The molecule has 0 aromatic heterocycles. The molecule has 0 saturated heterocycles.